The molecular formula is C26H27N5O2. The van der Waals surface area contributed by atoms with E-state index in [-0.39, 0.29) is 18.2 Å². The van der Waals surface area contributed by atoms with Crippen molar-refractivity contribution in [2.45, 2.75) is 50.8 Å². The number of cyclic esters (lactones) is 1. The quantitative estimate of drug-likeness (QED) is 0.610. The zero-order chi connectivity index (χ0) is 23.0. The third kappa shape index (κ3) is 3.95. The standard InChI is InChI=1S/C26H27N5O2/c1-26(2)22(18-7-4-3-5-8-18)31(25(32)33-26)20-11-9-17(10-12-20)19-15-21(23(27)30-16-19)24-28-13-6-14-29-24/h3-9,13-16,20,22H,10-12H2,1-2H3,(H2,27,30)/t20-,22-/m0/s1. The summed E-state index contributed by atoms with van der Waals surface area (Å²) >= 11 is 0. The van der Waals surface area contributed by atoms with E-state index in [0.29, 0.717) is 11.6 Å². The van der Waals surface area contributed by atoms with Crippen LogP contribution >= 0.6 is 0 Å². The highest BCUT2D eigenvalue weighted by atomic mass is 16.6. The van der Waals surface area contributed by atoms with Gasteiger partial charge in [0, 0.05) is 24.6 Å². The van der Waals surface area contributed by atoms with Gasteiger partial charge in [-0.2, -0.15) is 0 Å². The molecule has 0 spiro atoms. The smallest absolute Gasteiger partial charge is 0.411 e. The highest BCUT2D eigenvalue weighted by molar-refractivity contribution is 5.76. The predicted molar refractivity (Wildman–Crippen MR) is 127 cm³/mol. The summed E-state index contributed by atoms with van der Waals surface area (Å²) in [6.07, 6.45) is 9.58. The van der Waals surface area contributed by atoms with E-state index in [4.69, 9.17) is 10.5 Å². The first-order valence-corrected chi connectivity index (χ1v) is 11.2. The topological polar surface area (TPSA) is 94.2 Å². The number of hydrogen-bond acceptors (Lipinski definition) is 6. The maximum absolute atomic E-state index is 12.9. The number of carbonyl (C=O) groups is 1. The molecule has 1 amide bonds. The summed E-state index contributed by atoms with van der Waals surface area (Å²) in [5.74, 6) is 0.971. The number of carbonyl (C=O) groups excluding carboxylic acids is 1. The number of nitrogens with two attached hydrogens (primary N) is 1. The highest BCUT2D eigenvalue weighted by Gasteiger charge is 2.50. The van der Waals surface area contributed by atoms with E-state index in [1.54, 1.807) is 24.7 Å². The summed E-state index contributed by atoms with van der Waals surface area (Å²) < 4.78 is 5.80. The summed E-state index contributed by atoms with van der Waals surface area (Å²) in [6.45, 7) is 3.97. The van der Waals surface area contributed by atoms with Crippen molar-refractivity contribution in [2.75, 3.05) is 5.73 Å². The van der Waals surface area contributed by atoms with Crippen LogP contribution in [0.15, 0.2) is 67.1 Å². The number of hydrogen-bond donors (Lipinski definition) is 1. The van der Waals surface area contributed by atoms with Crippen LogP contribution in [0.1, 0.15) is 50.3 Å². The van der Waals surface area contributed by atoms with Crippen LogP contribution in [0, 0.1) is 0 Å². The van der Waals surface area contributed by atoms with Crippen LogP contribution in [0.4, 0.5) is 10.6 Å². The average Bonchev–Trinajstić information content (AvgIpc) is 3.08. The largest absolute Gasteiger partial charge is 0.441 e. The number of amides is 1. The second kappa shape index (κ2) is 8.31. The Balaban J connectivity index is 1.41. The maximum atomic E-state index is 12.9. The Labute approximate surface area is 193 Å². The second-order valence-corrected chi connectivity index (χ2v) is 9.08. The number of aromatic nitrogens is 3. The first kappa shape index (κ1) is 21.1. The Morgan fingerprint density at radius 1 is 1.09 bits per heavy atom. The molecule has 2 N–H and O–H groups in total. The predicted octanol–water partition coefficient (Wildman–Crippen LogP) is 5.03. The highest BCUT2D eigenvalue weighted by Crippen LogP contribution is 2.45. The fourth-order valence-electron chi connectivity index (χ4n) is 4.93. The summed E-state index contributed by atoms with van der Waals surface area (Å²) in [5.41, 5.74) is 9.53. The summed E-state index contributed by atoms with van der Waals surface area (Å²) in [4.78, 5) is 27.9. The van der Waals surface area contributed by atoms with Crippen LogP contribution in [-0.4, -0.2) is 37.6 Å². The van der Waals surface area contributed by atoms with E-state index in [0.717, 1.165) is 36.0 Å². The van der Waals surface area contributed by atoms with Crippen LogP contribution in [-0.2, 0) is 4.74 Å². The van der Waals surface area contributed by atoms with Gasteiger partial charge in [-0.1, -0.05) is 36.4 Å². The first-order chi connectivity index (χ1) is 15.9. The molecule has 168 valence electrons. The van der Waals surface area contributed by atoms with Gasteiger partial charge in [0.05, 0.1) is 11.6 Å². The van der Waals surface area contributed by atoms with Gasteiger partial charge in [-0.05, 0) is 61.9 Å². The molecule has 7 nitrogen and oxygen atoms in total. The molecule has 0 unspecified atom stereocenters. The molecule has 1 aromatic carbocycles. The fraction of sp³-hybridized carbons (Fsp3) is 0.308. The molecule has 1 fully saturated rings. The van der Waals surface area contributed by atoms with Crippen molar-refractivity contribution < 1.29 is 9.53 Å². The molecular weight excluding hydrogens is 414 g/mol. The van der Waals surface area contributed by atoms with Gasteiger partial charge in [0.25, 0.3) is 0 Å². The number of rotatable bonds is 4. The third-order valence-corrected chi connectivity index (χ3v) is 6.49. The lowest BCUT2D eigenvalue weighted by atomic mass is 9.86. The van der Waals surface area contributed by atoms with Gasteiger partial charge < -0.3 is 10.5 Å². The minimum atomic E-state index is -0.589. The van der Waals surface area contributed by atoms with E-state index in [2.05, 4.69) is 33.2 Å². The Bertz CT molecular complexity index is 1190. The lowest BCUT2D eigenvalue weighted by Crippen LogP contribution is -2.41. The van der Waals surface area contributed by atoms with Crippen LogP contribution in [0.3, 0.4) is 0 Å². The van der Waals surface area contributed by atoms with Gasteiger partial charge in [0.1, 0.15) is 11.4 Å². The molecule has 0 radical (unpaired) electrons. The SMILES string of the molecule is CC1(C)OC(=O)N([C@H]2CC=C(c3cnc(N)c(-c4ncccn4)c3)CC2)[C@H]1c1ccccc1. The number of pyridine rings is 1. The molecule has 1 aliphatic heterocycles. The molecule has 1 aliphatic carbocycles. The third-order valence-electron chi connectivity index (χ3n) is 6.49. The molecule has 0 bridgehead atoms. The summed E-state index contributed by atoms with van der Waals surface area (Å²) in [6, 6.07) is 13.9. The fourth-order valence-corrected chi connectivity index (χ4v) is 4.93. The number of benzene rings is 1. The van der Waals surface area contributed by atoms with Crippen molar-refractivity contribution in [2.24, 2.45) is 0 Å². The van der Waals surface area contributed by atoms with Crippen LogP contribution in [0.25, 0.3) is 17.0 Å². The van der Waals surface area contributed by atoms with Crippen molar-refractivity contribution in [1.82, 2.24) is 19.9 Å². The van der Waals surface area contributed by atoms with Crippen molar-refractivity contribution in [3.8, 4) is 11.4 Å². The van der Waals surface area contributed by atoms with E-state index >= 15 is 0 Å². The molecule has 1 saturated heterocycles. The number of nitrogens with zero attached hydrogens (tertiary/aromatic N) is 4. The van der Waals surface area contributed by atoms with Gasteiger partial charge >= 0.3 is 6.09 Å². The van der Waals surface area contributed by atoms with Crippen LogP contribution in [0.5, 0.6) is 0 Å². The lowest BCUT2D eigenvalue weighted by Gasteiger charge is -2.36. The molecule has 3 heterocycles. The minimum absolute atomic E-state index is 0.0758. The van der Waals surface area contributed by atoms with Gasteiger partial charge in [-0.15, -0.1) is 0 Å². The van der Waals surface area contributed by atoms with Crippen LogP contribution < -0.4 is 5.73 Å². The van der Waals surface area contributed by atoms with E-state index in [1.807, 2.05) is 43.0 Å². The molecule has 2 atom stereocenters. The van der Waals surface area contributed by atoms with E-state index < -0.39 is 5.60 Å². The zero-order valence-electron chi connectivity index (χ0n) is 18.8. The maximum Gasteiger partial charge on any atom is 0.411 e. The number of allylic oxidation sites excluding steroid dienone is 1. The van der Waals surface area contributed by atoms with Crippen molar-refractivity contribution in [3.05, 3.63) is 78.3 Å². The molecule has 3 aromatic rings. The van der Waals surface area contributed by atoms with Crippen molar-refractivity contribution >= 4 is 17.5 Å². The van der Waals surface area contributed by atoms with Crippen molar-refractivity contribution in [1.29, 1.82) is 0 Å². The average molecular weight is 442 g/mol. The Morgan fingerprint density at radius 2 is 1.85 bits per heavy atom. The van der Waals surface area contributed by atoms with Gasteiger partial charge in [0.15, 0.2) is 5.82 Å². The number of anilines is 1. The molecule has 33 heavy (non-hydrogen) atoms. The first-order valence-electron chi connectivity index (χ1n) is 11.2. The van der Waals surface area contributed by atoms with Crippen molar-refractivity contribution in [3.63, 3.8) is 0 Å². The van der Waals surface area contributed by atoms with Gasteiger partial charge in [-0.3, -0.25) is 4.90 Å². The molecule has 2 aliphatic rings. The summed E-state index contributed by atoms with van der Waals surface area (Å²) in [5, 5.41) is 0. The Morgan fingerprint density at radius 3 is 2.55 bits per heavy atom. The molecule has 0 saturated carbocycles. The zero-order valence-corrected chi connectivity index (χ0v) is 18.8. The van der Waals surface area contributed by atoms with E-state index in [1.165, 1.54) is 5.57 Å². The summed E-state index contributed by atoms with van der Waals surface area (Å²) in [7, 11) is 0. The Hall–Kier alpha value is -3.74. The molecule has 7 heteroatoms. The molecule has 2 aromatic heterocycles. The van der Waals surface area contributed by atoms with E-state index in [9.17, 15) is 4.79 Å². The number of ether oxygens (including phenoxy) is 1. The number of nitrogen functional groups attached to an aromatic ring is 1. The normalized spacial score (nSPS) is 22.1. The second-order valence-electron chi connectivity index (χ2n) is 9.08. The lowest BCUT2D eigenvalue weighted by molar-refractivity contribution is 0.0668. The molecule has 5 rings (SSSR count). The minimum Gasteiger partial charge on any atom is -0.441 e. The van der Waals surface area contributed by atoms with Gasteiger partial charge in [-0.25, -0.2) is 19.7 Å². The monoisotopic (exact) mass is 441 g/mol. The Kier molecular flexibility index (Phi) is 5.32. The van der Waals surface area contributed by atoms with Gasteiger partial charge in [0.2, 0.25) is 0 Å². The van der Waals surface area contributed by atoms with Crippen LogP contribution in [0.2, 0.25) is 0 Å².